The van der Waals surface area contributed by atoms with Gasteiger partial charge in [0, 0.05) is 5.75 Å². The largest absolute Gasteiger partial charge is 0.369 e. The maximum Gasteiger partial charge on any atom is 0.230 e. The van der Waals surface area contributed by atoms with Crippen molar-refractivity contribution in [1.29, 1.82) is 0 Å². The molecule has 1 atom stereocenters. The molecule has 0 saturated carbocycles. The van der Waals surface area contributed by atoms with Gasteiger partial charge in [0.25, 0.3) is 0 Å². The van der Waals surface area contributed by atoms with Crippen molar-refractivity contribution >= 4 is 17.7 Å². The number of rotatable bonds is 7. The highest BCUT2D eigenvalue weighted by Crippen LogP contribution is 2.42. The molecule has 0 aliphatic carbocycles. The molecular formula is C23H23NOS. The minimum Gasteiger partial charge on any atom is -0.369 e. The molecule has 3 rings (SSSR count). The molecule has 2 N–H and O–H groups in total. The monoisotopic (exact) mass is 361 g/mol. The molecule has 0 heterocycles. The van der Waals surface area contributed by atoms with E-state index in [0.29, 0.717) is 0 Å². The van der Waals surface area contributed by atoms with Crippen LogP contribution in [0.2, 0.25) is 0 Å². The highest BCUT2D eigenvalue weighted by molar-refractivity contribution is 8.00. The minimum atomic E-state index is -0.349. The van der Waals surface area contributed by atoms with Crippen LogP contribution in [0.25, 0.3) is 0 Å². The molecule has 0 spiro atoms. The van der Waals surface area contributed by atoms with E-state index in [-0.39, 0.29) is 16.6 Å². The van der Waals surface area contributed by atoms with Crippen LogP contribution in [0.4, 0.5) is 0 Å². The van der Waals surface area contributed by atoms with Gasteiger partial charge >= 0.3 is 0 Å². The third-order valence-electron chi connectivity index (χ3n) is 4.75. The lowest BCUT2D eigenvalue weighted by atomic mass is 9.71. The van der Waals surface area contributed by atoms with Gasteiger partial charge < -0.3 is 5.73 Å². The lowest BCUT2D eigenvalue weighted by Gasteiger charge is -2.36. The predicted octanol–water partition coefficient (Wildman–Crippen LogP) is 4.63. The summed E-state index contributed by atoms with van der Waals surface area (Å²) < 4.78 is 0. The van der Waals surface area contributed by atoms with Crippen molar-refractivity contribution in [3.63, 3.8) is 0 Å². The lowest BCUT2D eigenvalue weighted by Crippen LogP contribution is -2.34. The number of carbonyl (C=O) groups excluding carboxylic acids is 1. The Bertz CT molecular complexity index is 737. The summed E-state index contributed by atoms with van der Waals surface area (Å²) in [5, 5.41) is -0.245. The zero-order valence-corrected chi connectivity index (χ0v) is 15.7. The maximum atomic E-state index is 11.6. The predicted molar refractivity (Wildman–Crippen MR) is 110 cm³/mol. The fourth-order valence-corrected chi connectivity index (χ4v) is 4.41. The lowest BCUT2D eigenvalue weighted by molar-refractivity contribution is -0.117. The van der Waals surface area contributed by atoms with E-state index in [2.05, 4.69) is 72.8 Å². The first-order chi connectivity index (χ1) is 12.6. The Morgan fingerprint density at radius 2 is 1.15 bits per heavy atom. The first-order valence-electron chi connectivity index (χ1n) is 8.72. The molecule has 0 aliphatic heterocycles. The molecule has 3 heteroatoms. The number of hydrogen-bond donors (Lipinski definition) is 1. The van der Waals surface area contributed by atoms with Crippen LogP contribution < -0.4 is 5.73 Å². The Morgan fingerprint density at radius 1 is 0.808 bits per heavy atom. The standard InChI is InChI=1S/C23H23NOS/c1-18(22(24)25)26-17-23(19-11-5-2-6-12-19,20-13-7-3-8-14-20)21-15-9-4-10-16-21/h2-16,18H,17H2,1H3,(H2,24,25). The molecule has 0 radical (unpaired) electrons. The van der Waals surface area contributed by atoms with Gasteiger partial charge in [0.1, 0.15) is 0 Å². The molecular weight excluding hydrogens is 338 g/mol. The van der Waals surface area contributed by atoms with Crippen LogP contribution in [0, 0.1) is 0 Å². The number of amides is 1. The van der Waals surface area contributed by atoms with Crippen LogP contribution in [-0.4, -0.2) is 16.9 Å². The Hall–Kier alpha value is -2.52. The maximum absolute atomic E-state index is 11.6. The van der Waals surface area contributed by atoms with E-state index < -0.39 is 0 Å². The van der Waals surface area contributed by atoms with Crippen molar-refractivity contribution in [3.05, 3.63) is 108 Å². The van der Waals surface area contributed by atoms with Gasteiger partial charge in [0.2, 0.25) is 5.91 Å². The molecule has 3 aromatic carbocycles. The van der Waals surface area contributed by atoms with Crippen molar-refractivity contribution in [2.75, 3.05) is 5.75 Å². The smallest absolute Gasteiger partial charge is 0.230 e. The molecule has 3 aromatic rings. The van der Waals surface area contributed by atoms with Gasteiger partial charge in [-0.25, -0.2) is 0 Å². The van der Waals surface area contributed by atoms with Crippen LogP contribution in [0.1, 0.15) is 23.6 Å². The van der Waals surface area contributed by atoms with E-state index in [0.717, 1.165) is 5.75 Å². The SMILES string of the molecule is CC(SCC(c1ccccc1)(c1ccccc1)c1ccccc1)C(N)=O. The van der Waals surface area contributed by atoms with Gasteiger partial charge in [0.15, 0.2) is 0 Å². The summed E-state index contributed by atoms with van der Waals surface area (Å²) in [7, 11) is 0. The number of hydrogen-bond acceptors (Lipinski definition) is 2. The van der Waals surface area contributed by atoms with Gasteiger partial charge in [-0.15, -0.1) is 11.8 Å². The summed E-state index contributed by atoms with van der Waals surface area (Å²) in [6, 6.07) is 31.5. The normalized spacial score (nSPS) is 12.5. The van der Waals surface area contributed by atoms with Crippen LogP contribution in [-0.2, 0) is 10.2 Å². The summed E-state index contributed by atoms with van der Waals surface area (Å²) >= 11 is 1.60. The van der Waals surface area contributed by atoms with Gasteiger partial charge in [-0.2, -0.15) is 0 Å². The molecule has 0 fully saturated rings. The Labute approximate surface area is 159 Å². The van der Waals surface area contributed by atoms with Crippen molar-refractivity contribution in [3.8, 4) is 0 Å². The average Bonchev–Trinajstić information content (AvgIpc) is 2.70. The van der Waals surface area contributed by atoms with E-state index in [9.17, 15) is 4.79 Å². The highest BCUT2D eigenvalue weighted by atomic mass is 32.2. The number of nitrogens with two attached hydrogens (primary N) is 1. The number of carbonyl (C=O) groups is 1. The minimum absolute atomic E-state index is 0.245. The van der Waals surface area contributed by atoms with Gasteiger partial charge in [0.05, 0.1) is 10.7 Å². The molecule has 1 unspecified atom stereocenters. The summed E-state index contributed by atoms with van der Waals surface area (Å²) in [6.45, 7) is 1.87. The zero-order valence-electron chi connectivity index (χ0n) is 14.8. The van der Waals surface area contributed by atoms with Gasteiger partial charge in [-0.1, -0.05) is 91.0 Å². The molecule has 0 saturated heterocycles. The fraction of sp³-hybridized carbons (Fsp3) is 0.174. The Kier molecular flexibility index (Phi) is 5.79. The first kappa shape index (κ1) is 18.3. The molecule has 132 valence electrons. The van der Waals surface area contributed by atoms with Gasteiger partial charge in [-0.05, 0) is 23.6 Å². The second-order valence-electron chi connectivity index (χ2n) is 6.36. The zero-order chi connectivity index (χ0) is 18.4. The third-order valence-corrected chi connectivity index (χ3v) is 6.08. The van der Waals surface area contributed by atoms with Crippen molar-refractivity contribution < 1.29 is 4.79 Å². The third kappa shape index (κ3) is 3.68. The summed E-state index contributed by atoms with van der Waals surface area (Å²) in [4.78, 5) is 11.6. The summed E-state index contributed by atoms with van der Waals surface area (Å²) in [6.07, 6.45) is 0. The van der Waals surface area contributed by atoms with Crippen LogP contribution >= 0.6 is 11.8 Å². The highest BCUT2D eigenvalue weighted by Gasteiger charge is 2.36. The van der Waals surface area contributed by atoms with E-state index >= 15 is 0 Å². The Balaban J connectivity index is 2.19. The quantitative estimate of drug-likeness (QED) is 0.624. The van der Waals surface area contributed by atoms with E-state index in [4.69, 9.17) is 5.73 Å². The van der Waals surface area contributed by atoms with Crippen molar-refractivity contribution in [2.45, 2.75) is 17.6 Å². The summed E-state index contributed by atoms with van der Waals surface area (Å²) in [5.41, 5.74) is 8.80. The fourth-order valence-electron chi connectivity index (χ4n) is 3.25. The van der Waals surface area contributed by atoms with Crippen LogP contribution in [0.15, 0.2) is 91.0 Å². The topological polar surface area (TPSA) is 43.1 Å². The van der Waals surface area contributed by atoms with Crippen LogP contribution in [0.3, 0.4) is 0 Å². The molecule has 2 nitrogen and oxygen atoms in total. The van der Waals surface area contributed by atoms with Crippen molar-refractivity contribution in [1.82, 2.24) is 0 Å². The summed E-state index contributed by atoms with van der Waals surface area (Å²) in [5.74, 6) is 0.452. The average molecular weight is 362 g/mol. The van der Waals surface area contributed by atoms with E-state index in [1.54, 1.807) is 11.8 Å². The second-order valence-corrected chi connectivity index (χ2v) is 7.69. The number of benzene rings is 3. The number of primary amides is 1. The van der Waals surface area contributed by atoms with Crippen molar-refractivity contribution in [2.24, 2.45) is 5.73 Å². The first-order valence-corrected chi connectivity index (χ1v) is 9.77. The van der Waals surface area contributed by atoms with E-state index in [1.807, 2.05) is 25.1 Å². The molecule has 26 heavy (non-hydrogen) atoms. The second kappa shape index (κ2) is 8.24. The molecule has 0 aromatic heterocycles. The van der Waals surface area contributed by atoms with E-state index in [1.165, 1.54) is 16.7 Å². The van der Waals surface area contributed by atoms with Crippen LogP contribution in [0.5, 0.6) is 0 Å². The molecule has 0 aliphatic rings. The number of thioether (sulfide) groups is 1. The molecule has 1 amide bonds. The van der Waals surface area contributed by atoms with Gasteiger partial charge in [-0.3, -0.25) is 4.79 Å². The molecule has 0 bridgehead atoms. The Morgan fingerprint density at radius 3 is 1.46 bits per heavy atom.